The Bertz CT molecular complexity index is 1240. The predicted molar refractivity (Wildman–Crippen MR) is 162 cm³/mol. The normalized spacial score (nSPS) is 12.5. The monoisotopic (exact) mass is 558 g/mol. The molecule has 0 aliphatic rings. The first kappa shape index (κ1) is 33.6. The lowest BCUT2D eigenvalue weighted by Gasteiger charge is -2.27. The van der Waals surface area contributed by atoms with Gasteiger partial charge in [-0.2, -0.15) is 0 Å². The summed E-state index contributed by atoms with van der Waals surface area (Å²) in [7, 11) is 0. The summed E-state index contributed by atoms with van der Waals surface area (Å²) in [5.41, 5.74) is 0.301. The number of carbonyl (C=O) groups excluding carboxylic acids is 1. The van der Waals surface area contributed by atoms with Crippen LogP contribution in [-0.2, 0) is 32.2 Å². The van der Waals surface area contributed by atoms with E-state index in [0.29, 0.717) is 48.9 Å². The van der Waals surface area contributed by atoms with Crippen LogP contribution in [0.2, 0.25) is 0 Å². The standard InChI is InChI=1S/C28H42N4O5.C3H8/c1-9-35-16-21-30-23-24(32(21)18-27(5,6)34)19-12-10-11-13-20(19)29-25(23)31-22(33)17-37-28(7,8)14-15-36-26(2,3)4;1-3-2/h10-13,34H,9,14-18H2,1-8H3,(H,29,31,33);3H2,1-2H3. The lowest BCUT2D eigenvalue weighted by Crippen LogP contribution is -2.32. The lowest BCUT2D eigenvalue weighted by molar-refractivity contribution is -0.128. The number of rotatable bonds is 12. The van der Waals surface area contributed by atoms with Crippen molar-refractivity contribution in [1.82, 2.24) is 14.5 Å². The molecule has 3 aromatic rings. The van der Waals surface area contributed by atoms with Gasteiger partial charge in [0.2, 0.25) is 0 Å². The molecule has 1 amide bonds. The van der Waals surface area contributed by atoms with E-state index in [-0.39, 0.29) is 24.7 Å². The van der Waals surface area contributed by atoms with Gasteiger partial charge in [0, 0.05) is 18.6 Å². The Hall–Kier alpha value is -2.59. The Morgan fingerprint density at radius 2 is 1.65 bits per heavy atom. The van der Waals surface area contributed by atoms with Crippen LogP contribution < -0.4 is 5.32 Å². The molecule has 2 N–H and O–H groups in total. The van der Waals surface area contributed by atoms with Gasteiger partial charge < -0.3 is 29.2 Å². The summed E-state index contributed by atoms with van der Waals surface area (Å²) in [6, 6.07) is 7.69. The van der Waals surface area contributed by atoms with Gasteiger partial charge in [0.15, 0.2) is 5.82 Å². The molecule has 9 nitrogen and oxygen atoms in total. The number of aromatic nitrogens is 3. The minimum Gasteiger partial charge on any atom is -0.389 e. The van der Waals surface area contributed by atoms with Crippen molar-refractivity contribution in [3.05, 3.63) is 30.1 Å². The van der Waals surface area contributed by atoms with Crippen LogP contribution in [0, 0.1) is 0 Å². The molecular weight excluding hydrogens is 508 g/mol. The van der Waals surface area contributed by atoms with Gasteiger partial charge in [-0.25, -0.2) is 9.97 Å². The number of nitrogens with one attached hydrogen (secondary N) is 1. The minimum atomic E-state index is -0.988. The largest absolute Gasteiger partial charge is 0.389 e. The highest BCUT2D eigenvalue weighted by molar-refractivity contribution is 6.09. The van der Waals surface area contributed by atoms with Gasteiger partial charge in [-0.05, 0) is 67.9 Å². The first-order valence-corrected chi connectivity index (χ1v) is 14.3. The van der Waals surface area contributed by atoms with E-state index < -0.39 is 11.2 Å². The lowest BCUT2D eigenvalue weighted by atomic mass is 10.1. The molecule has 224 valence electrons. The number of pyridine rings is 1. The summed E-state index contributed by atoms with van der Waals surface area (Å²) >= 11 is 0. The molecule has 0 atom stereocenters. The molecule has 2 heterocycles. The summed E-state index contributed by atoms with van der Waals surface area (Å²) in [6.45, 7) is 21.1. The number of anilines is 1. The van der Waals surface area contributed by atoms with Crippen molar-refractivity contribution < 1.29 is 24.1 Å². The van der Waals surface area contributed by atoms with E-state index in [1.807, 2.05) is 70.4 Å². The quantitative estimate of drug-likeness (QED) is 0.271. The van der Waals surface area contributed by atoms with E-state index in [9.17, 15) is 9.90 Å². The summed E-state index contributed by atoms with van der Waals surface area (Å²) < 4.78 is 19.4. The minimum absolute atomic E-state index is 0.130. The van der Waals surface area contributed by atoms with Crippen molar-refractivity contribution in [2.75, 3.05) is 25.1 Å². The van der Waals surface area contributed by atoms with E-state index in [1.54, 1.807) is 13.8 Å². The number of para-hydroxylation sites is 1. The van der Waals surface area contributed by atoms with E-state index in [4.69, 9.17) is 24.2 Å². The zero-order valence-corrected chi connectivity index (χ0v) is 26.2. The molecule has 0 aliphatic carbocycles. The second kappa shape index (κ2) is 14.3. The summed E-state index contributed by atoms with van der Waals surface area (Å²) in [4.78, 5) is 22.5. The van der Waals surface area contributed by atoms with Crippen LogP contribution in [0.1, 0.15) is 87.9 Å². The molecule has 9 heteroatoms. The number of fused-ring (bicyclic) bond motifs is 3. The van der Waals surface area contributed by atoms with Crippen LogP contribution in [0.15, 0.2) is 24.3 Å². The fourth-order valence-corrected chi connectivity index (χ4v) is 3.93. The maximum absolute atomic E-state index is 13.0. The van der Waals surface area contributed by atoms with Crippen LogP contribution in [0.4, 0.5) is 5.82 Å². The molecule has 0 bridgehead atoms. The fraction of sp³-hybridized carbons (Fsp3) is 0.645. The first-order valence-electron chi connectivity index (χ1n) is 14.3. The molecule has 0 unspecified atom stereocenters. The van der Waals surface area contributed by atoms with Gasteiger partial charge in [0.1, 0.15) is 24.6 Å². The Morgan fingerprint density at radius 3 is 2.25 bits per heavy atom. The van der Waals surface area contributed by atoms with E-state index in [2.05, 4.69) is 19.2 Å². The number of amides is 1. The highest BCUT2D eigenvalue weighted by atomic mass is 16.5. The average Bonchev–Trinajstić information content (AvgIpc) is 3.18. The second-order valence-electron chi connectivity index (χ2n) is 12.3. The summed E-state index contributed by atoms with van der Waals surface area (Å²) in [6.07, 6.45) is 1.90. The molecule has 3 rings (SSSR count). The van der Waals surface area contributed by atoms with Crippen LogP contribution in [0.5, 0.6) is 0 Å². The van der Waals surface area contributed by atoms with Gasteiger partial charge in [-0.1, -0.05) is 38.5 Å². The molecular formula is C31H50N4O5. The molecule has 0 saturated carbocycles. The Balaban J connectivity index is 0.00000178. The molecule has 0 saturated heterocycles. The van der Waals surface area contributed by atoms with Crippen molar-refractivity contribution in [3.8, 4) is 0 Å². The van der Waals surface area contributed by atoms with Gasteiger partial charge >= 0.3 is 0 Å². The van der Waals surface area contributed by atoms with Crippen molar-refractivity contribution in [3.63, 3.8) is 0 Å². The molecule has 0 aliphatic heterocycles. The molecule has 1 aromatic carbocycles. The fourth-order valence-electron chi connectivity index (χ4n) is 3.93. The molecule has 0 spiro atoms. The maximum atomic E-state index is 13.0. The molecule has 40 heavy (non-hydrogen) atoms. The van der Waals surface area contributed by atoms with Gasteiger partial charge in [-0.3, -0.25) is 4.79 Å². The van der Waals surface area contributed by atoms with Crippen molar-refractivity contribution >= 4 is 33.7 Å². The Labute approximate surface area is 239 Å². The number of nitrogens with zero attached hydrogens (tertiary/aromatic N) is 3. The number of imidazole rings is 1. The maximum Gasteiger partial charge on any atom is 0.251 e. The average molecular weight is 559 g/mol. The number of benzene rings is 1. The predicted octanol–water partition coefficient (Wildman–Crippen LogP) is 6.25. The van der Waals surface area contributed by atoms with E-state index in [0.717, 1.165) is 10.9 Å². The summed E-state index contributed by atoms with van der Waals surface area (Å²) in [5.74, 6) is 0.685. The van der Waals surface area contributed by atoms with E-state index >= 15 is 0 Å². The van der Waals surface area contributed by atoms with Crippen molar-refractivity contribution in [1.29, 1.82) is 0 Å². The highest BCUT2D eigenvalue weighted by Crippen LogP contribution is 2.31. The number of ether oxygens (including phenoxy) is 3. The van der Waals surface area contributed by atoms with Crippen LogP contribution in [-0.4, -0.2) is 62.2 Å². The van der Waals surface area contributed by atoms with Crippen molar-refractivity contribution in [2.24, 2.45) is 0 Å². The number of carbonyl (C=O) groups is 1. The van der Waals surface area contributed by atoms with Gasteiger partial charge in [0.25, 0.3) is 5.91 Å². The SMILES string of the molecule is CCC.CCOCc1nc2c(NC(=O)COC(C)(C)CCOC(C)(C)C)nc3ccccc3c2n1CC(C)(C)O. The first-order chi connectivity index (χ1) is 18.6. The number of hydrogen-bond acceptors (Lipinski definition) is 7. The van der Waals surface area contributed by atoms with Gasteiger partial charge in [0.05, 0.1) is 34.4 Å². The third-order valence-corrected chi connectivity index (χ3v) is 5.73. The second-order valence-corrected chi connectivity index (χ2v) is 12.3. The number of aliphatic hydroxyl groups is 1. The van der Waals surface area contributed by atoms with E-state index in [1.165, 1.54) is 6.42 Å². The Kier molecular flexibility index (Phi) is 12.1. The molecule has 0 fully saturated rings. The number of hydrogen-bond donors (Lipinski definition) is 2. The topological polar surface area (TPSA) is 108 Å². The molecule has 2 aromatic heterocycles. The van der Waals surface area contributed by atoms with Crippen LogP contribution in [0.25, 0.3) is 21.9 Å². The Morgan fingerprint density at radius 1 is 1.00 bits per heavy atom. The highest BCUT2D eigenvalue weighted by Gasteiger charge is 2.25. The molecule has 0 radical (unpaired) electrons. The zero-order chi connectivity index (χ0) is 30.1. The van der Waals surface area contributed by atoms with Crippen LogP contribution >= 0.6 is 0 Å². The third kappa shape index (κ3) is 10.4. The summed E-state index contributed by atoms with van der Waals surface area (Å²) in [5, 5.41) is 14.4. The zero-order valence-electron chi connectivity index (χ0n) is 26.2. The third-order valence-electron chi connectivity index (χ3n) is 5.73. The van der Waals surface area contributed by atoms with Gasteiger partial charge in [-0.15, -0.1) is 0 Å². The van der Waals surface area contributed by atoms with Crippen molar-refractivity contribution in [2.45, 2.75) is 112 Å². The smallest absolute Gasteiger partial charge is 0.251 e. The van der Waals surface area contributed by atoms with Crippen LogP contribution in [0.3, 0.4) is 0 Å².